The van der Waals surface area contributed by atoms with Crippen molar-refractivity contribution in [2.75, 3.05) is 0 Å². The SMILES string of the molecule is O=C(O)C(O)c1c(F)cccc1-c1ccncc1. The van der Waals surface area contributed by atoms with Crippen LogP contribution in [0.1, 0.15) is 11.7 Å². The molecule has 2 aromatic rings. The van der Waals surface area contributed by atoms with E-state index in [0.717, 1.165) is 6.07 Å². The predicted molar refractivity (Wildman–Crippen MR) is 62.2 cm³/mol. The van der Waals surface area contributed by atoms with Crippen molar-refractivity contribution in [3.05, 3.63) is 54.1 Å². The Morgan fingerprint density at radius 3 is 2.50 bits per heavy atom. The Bertz CT molecular complexity index is 572. The van der Waals surface area contributed by atoms with E-state index in [1.807, 2.05) is 0 Å². The lowest BCUT2D eigenvalue weighted by Crippen LogP contribution is -2.13. The Morgan fingerprint density at radius 2 is 1.89 bits per heavy atom. The van der Waals surface area contributed by atoms with Gasteiger partial charge in [0.25, 0.3) is 0 Å². The Morgan fingerprint density at radius 1 is 1.22 bits per heavy atom. The highest BCUT2D eigenvalue weighted by Crippen LogP contribution is 2.30. The Hall–Kier alpha value is -2.27. The average molecular weight is 247 g/mol. The lowest BCUT2D eigenvalue weighted by molar-refractivity contribution is -0.147. The molecule has 0 radical (unpaired) electrons. The highest BCUT2D eigenvalue weighted by atomic mass is 19.1. The number of pyridine rings is 1. The van der Waals surface area contributed by atoms with Gasteiger partial charge >= 0.3 is 5.97 Å². The Balaban J connectivity index is 2.62. The van der Waals surface area contributed by atoms with Crippen molar-refractivity contribution in [3.63, 3.8) is 0 Å². The van der Waals surface area contributed by atoms with Gasteiger partial charge in [-0.3, -0.25) is 4.98 Å². The summed E-state index contributed by atoms with van der Waals surface area (Å²) in [4.78, 5) is 14.6. The highest BCUT2D eigenvalue weighted by molar-refractivity contribution is 5.79. The minimum absolute atomic E-state index is 0.240. The second kappa shape index (κ2) is 4.93. The van der Waals surface area contributed by atoms with Crippen LogP contribution in [0.2, 0.25) is 0 Å². The molecule has 0 saturated heterocycles. The summed E-state index contributed by atoms with van der Waals surface area (Å²) in [5.41, 5.74) is 0.698. The second-order valence-corrected chi connectivity index (χ2v) is 3.68. The van der Waals surface area contributed by atoms with Crippen LogP contribution in [0.4, 0.5) is 4.39 Å². The molecule has 2 rings (SSSR count). The molecule has 0 fully saturated rings. The standard InChI is InChI=1S/C13H10FNO3/c14-10-3-1-2-9(8-4-6-15-7-5-8)11(10)12(16)13(17)18/h1-7,12,16H,(H,17,18). The van der Waals surface area contributed by atoms with Crippen LogP contribution < -0.4 is 0 Å². The number of aliphatic hydroxyl groups is 1. The van der Waals surface area contributed by atoms with Crippen LogP contribution in [-0.2, 0) is 4.79 Å². The zero-order chi connectivity index (χ0) is 13.1. The first-order valence-corrected chi connectivity index (χ1v) is 5.21. The van der Waals surface area contributed by atoms with E-state index in [-0.39, 0.29) is 5.56 Å². The summed E-state index contributed by atoms with van der Waals surface area (Å²) < 4.78 is 13.7. The molecule has 0 bridgehead atoms. The van der Waals surface area contributed by atoms with Crippen LogP contribution in [0.3, 0.4) is 0 Å². The Labute approximate surface area is 102 Å². The van der Waals surface area contributed by atoms with E-state index in [1.165, 1.54) is 18.5 Å². The van der Waals surface area contributed by atoms with Gasteiger partial charge in [0.15, 0.2) is 6.10 Å². The molecule has 0 spiro atoms. The maximum Gasteiger partial charge on any atom is 0.337 e. The number of halogens is 1. The quantitative estimate of drug-likeness (QED) is 0.870. The van der Waals surface area contributed by atoms with E-state index >= 15 is 0 Å². The van der Waals surface area contributed by atoms with Gasteiger partial charge in [0.05, 0.1) is 0 Å². The summed E-state index contributed by atoms with van der Waals surface area (Å²) in [6.45, 7) is 0. The number of aliphatic carboxylic acids is 1. The van der Waals surface area contributed by atoms with Gasteiger partial charge in [-0.05, 0) is 29.3 Å². The third-order valence-corrected chi connectivity index (χ3v) is 2.55. The monoisotopic (exact) mass is 247 g/mol. The normalized spacial score (nSPS) is 12.1. The summed E-state index contributed by atoms with van der Waals surface area (Å²) in [6, 6.07) is 7.37. The van der Waals surface area contributed by atoms with Crippen molar-refractivity contribution in [3.8, 4) is 11.1 Å². The average Bonchev–Trinajstić information content (AvgIpc) is 2.38. The van der Waals surface area contributed by atoms with E-state index in [4.69, 9.17) is 5.11 Å². The van der Waals surface area contributed by atoms with E-state index in [1.54, 1.807) is 18.2 Å². The maximum absolute atomic E-state index is 13.7. The first kappa shape index (κ1) is 12.2. The van der Waals surface area contributed by atoms with E-state index in [9.17, 15) is 14.3 Å². The maximum atomic E-state index is 13.7. The van der Waals surface area contributed by atoms with E-state index in [2.05, 4.69) is 4.98 Å². The summed E-state index contributed by atoms with van der Waals surface area (Å²) in [5.74, 6) is -2.24. The fraction of sp³-hybridized carbons (Fsp3) is 0.0769. The lowest BCUT2D eigenvalue weighted by atomic mass is 9.96. The third kappa shape index (κ3) is 2.21. The number of nitrogens with zero attached hydrogens (tertiary/aromatic N) is 1. The van der Waals surface area contributed by atoms with Crippen LogP contribution in [0.25, 0.3) is 11.1 Å². The van der Waals surface area contributed by atoms with Gasteiger partial charge in [0.1, 0.15) is 5.82 Å². The molecule has 1 aromatic heterocycles. The van der Waals surface area contributed by atoms with Crippen molar-refractivity contribution >= 4 is 5.97 Å². The van der Waals surface area contributed by atoms with Crippen molar-refractivity contribution < 1.29 is 19.4 Å². The topological polar surface area (TPSA) is 70.4 Å². The molecule has 1 unspecified atom stereocenters. The van der Waals surface area contributed by atoms with Crippen LogP contribution in [0.5, 0.6) is 0 Å². The zero-order valence-electron chi connectivity index (χ0n) is 9.25. The number of rotatable bonds is 3. The molecule has 4 nitrogen and oxygen atoms in total. The third-order valence-electron chi connectivity index (χ3n) is 2.55. The van der Waals surface area contributed by atoms with Gasteiger partial charge in [-0.2, -0.15) is 0 Å². The Kier molecular flexibility index (Phi) is 3.34. The van der Waals surface area contributed by atoms with E-state index < -0.39 is 17.9 Å². The van der Waals surface area contributed by atoms with Crippen molar-refractivity contribution in [1.82, 2.24) is 4.98 Å². The first-order chi connectivity index (χ1) is 8.61. The molecule has 0 aliphatic rings. The summed E-state index contributed by atoms with van der Waals surface area (Å²) in [5, 5.41) is 18.4. The highest BCUT2D eigenvalue weighted by Gasteiger charge is 2.23. The molecular weight excluding hydrogens is 237 g/mol. The van der Waals surface area contributed by atoms with Gasteiger partial charge in [-0.1, -0.05) is 12.1 Å². The number of aromatic nitrogens is 1. The molecule has 1 heterocycles. The number of aliphatic hydroxyl groups excluding tert-OH is 1. The fourth-order valence-electron chi connectivity index (χ4n) is 1.72. The molecule has 1 atom stereocenters. The van der Waals surface area contributed by atoms with Gasteiger partial charge < -0.3 is 10.2 Å². The number of carboxylic acid groups (broad SMARTS) is 1. The van der Waals surface area contributed by atoms with Crippen LogP contribution in [0.15, 0.2) is 42.7 Å². The minimum atomic E-state index is -1.89. The van der Waals surface area contributed by atoms with Crippen molar-refractivity contribution in [1.29, 1.82) is 0 Å². The smallest absolute Gasteiger partial charge is 0.337 e. The first-order valence-electron chi connectivity index (χ1n) is 5.21. The summed E-state index contributed by atoms with van der Waals surface area (Å²) in [6.07, 6.45) is 1.13. The molecule has 0 amide bonds. The number of carbonyl (C=O) groups is 1. The minimum Gasteiger partial charge on any atom is -0.479 e. The number of hydrogen-bond acceptors (Lipinski definition) is 3. The molecule has 18 heavy (non-hydrogen) atoms. The fourth-order valence-corrected chi connectivity index (χ4v) is 1.72. The molecule has 1 aromatic carbocycles. The summed E-state index contributed by atoms with van der Waals surface area (Å²) in [7, 11) is 0. The van der Waals surface area contributed by atoms with Gasteiger partial charge in [0.2, 0.25) is 0 Å². The van der Waals surface area contributed by atoms with Gasteiger partial charge in [0, 0.05) is 18.0 Å². The second-order valence-electron chi connectivity index (χ2n) is 3.68. The lowest BCUT2D eigenvalue weighted by Gasteiger charge is -2.13. The molecule has 0 aliphatic heterocycles. The van der Waals surface area contributed by atoms with Crippen molar-refractivity contribution in [2.45, 2.75) is 6.10 Å². The van der Waals surface area contributed by atoms with Crippen LogP contribution in [0, 0.1) is 5.82 Å². The molecule has 92 valence electrons. The molecule has 2 N–H and O–H groups in total. The van der Waals surface area contributed by atoms with Crippen LogP contribution >= 0.6 is 0 Å². The van der Waals surface area contributed by atoms with Crippen LogP contribution in [-0.4, -0.2) is 21.2 Å². The molecular formula is C13H10FNO3. The summed E-state index contributed by atoms with van der Waals surface area (Å²) >= 11 is 0. The zero-order valence-corrected chi connectivity index (χ0v) is 9.25. The number of hydrogen-bond donors (Lipinski definition) is 2. The molecule has 0 aliphatic carbocycles. The molecule has 5 heteroatoms. The van der Waals surface area contributed by atoms with Gasteiger partial charge in [-0.25, -0.2) is 9.18 Å². The van der Waals surface area contributed by atoms with Crippen molar-refractivity contribution in [2.24, 2.45) is 0 Å². The van der Waals surface area contributed by atoms with Gasteiger partial charge in [-0.15, -0.1) is 0 Å². The number of benzene rings is 1. The molecule has 0 saturated carbocycles. The number of carboxylic acids is 1. The largest absolute Gasteiger partial charge is 0.479 e. The van der Waals surface area contributed by atoms with E-state index in [0.29, 0.717) is 11.1 Å². The predicted octanol–water partition coefficient (Wildman–Crippen LogP) is 2.01.